The van der Waals surface area contributed by atoms with E-state index in [0.29, 0.717) is 16.9 Å². The van der Waals surface area contributed by atoms with Crippen molar-refractivity contribution >= 4 is 23.0 Å². The smallest absolute Gasteiger partial charge is 0.408 e. The lowest BCUT2D eigenvalue weighted by atomic mass is 10.1. The Kier molecular flexibility index (Phi) is 6.78. The fourth-order valence-electron chi connectivity index (χ4n) is 3.57. The maximum absolute atomic E-state index is 13.2. The molecule has 0 aliphatic rings. The molecule has 8 heteroatoms. The Morgan fingerprint density at radius 3 is 2.22 bits per heavy atom. The van der Waals surface area contributed by atoms with E-state index < -0.39 is 34.9 Å². The number of amides is 1. The van der Waals surface area contributed by atoms with Gasteiger partial charge in [-0.3, -0.25) is 4.79 Å². The maximum Gasteiger partial charge on any atom is 0.408 e. The molecule has 0 saturated heterocycles. The zero-order chi connectivity index (χ0) is 25.9. The van der Waals surface area contributed by atoms with Crippen LogP contribution in [0.2, 0.25) is 0 Å². The molecule has 1 aromatic heterocycles. The minimum Gasteiger partial charge on any atom is -0.507 e. The number of phenolic OH excluding ortho intramolecular Hbond substituents is 1. The van der Waals surface area contributed by atoms with E-state index in [9.17, 15) is 19.5 Å². The number of esters is 1. The van der Waals surface area contributed by atoms with Gasteiger partial charge in [0, 0.05) is 23.8 Å². The van der Waals surface area contributed by atoms with E-state index in [1.807, 2.05) is 6.07 Å². The molecule has 1 heterocycles. The molecule has 36 heavy (non-hydrogen) atoms. The first-order chi connectivity index (χ1) is 17.1. The summed E-state index contributed by atoms with van der Waals surface area (Å²) in [7, 11) is 0. The van der Waals surface area contributed by atoms with E-state index in [2.05, 4.69) is 5.32 Å². The van der Waals surface area contributed by atoms with Crippen molar-refractivity contribution in [1.82, 2.24) is 5.32 Å². The summed E-state index contributed by atoms with van der Waals surface area (Å²) in [6.45, 7) is 5.12. The second-order valence-corrected chi connectivity index (χ2v) is 9.07. The molecule has 0 bridgehead atoms. The molecule has 1 amide bonds. The topological polar surface area (TPSA) is 115 Å². The number of ether oxygens (including phenoxy) is 2. The Labute approximate surface area is 207 Å². The van der Waals surface area contributed by atoms with Crippen LogP contribution < -0.4 is 15.5 Å². The SMILES string of the molecule is CC(C)(C)OC(=O)N[C@H](C(=O)Oc1cc(O)c2c(=O)cc(-c3ccccc3)oc2c1)c1ccccc1. The van der Waals surface area contributed by atoms with Crippen molar-refractivity contribution in [3.05, 3.63) is 94.6 Å². The molecular weight excluding hydrogens is 462 g/mol. The summed E-state index contributed by atoms with van der Waals surface area (Å²) in [5.74, 6) is -0.998. The number of hydrogen-bond donors (Lipinski definition) is 2. The predicted molar refractivity (Wildman–Crippen MR) is 134 cm³/mol. The number of benzene rings is 3. The van der Waals surface area contributed by atoms with Gasteiger partial charge in [-0.15, -0.1) is 0 Å². The molecule has 1 atom stereocenters. The second kappa shape index (κ2) is 9.95. The van der Waals surface area contributed by atoms with E-state index in [0.717, 1.165) is 6.07 Å². The molecule has 0 aliphatic heterocycles. The van der Waals surface area contributed by atoms with Crippen molar-refractivity contribution in [3.63, 3.8) is 0 Å². The van der Waals surface area contributed by atoms with Crippen molar-refractivity contribution in [3.8, 4) is 22.8 Å². The van der Waals surface area contributed by atoms with Crippen molar-refractivity contribution in [2.24, 2.45) is 0 Å². The lowest BCUT2D eigenvalue weighted by Gasteiger charge is -2.23. The minimum absolute atomic E-state index is 0.0408. The van der Waals surface area contributed by atoms with Gasteiger partial charge >= 0.3 is 12.1 Å². The Bertz CT molecular complexity index is 1450. The van der Waals surface area contributed by atoms with Crippen LogP contribution in [0.1, 0.15) is 32.4 Å². The third-order valence-corrected chi connectivity index (χ3v) is 5.09. The molecule has 8 nitrogen and oxygen atoms in total. The predicted octanol–water partition coefficient (Wildman–Crippen LogP) is 5.34. The average Bonchev–Trinajstić information content (AvgIpc) is 2.82. The van der Waals surface area contributed by atoms with Crippen LogP contribution in [0.3, 0.4) is 0 Å². The maximum atomic E-state index is 13.2. The summed E-state index contributed by atoms with van der Waals surface area (Å²) in [5.41, 5.74) is -0.0343. The summed E-state index contributed by atoms with van der Waals surface area (Å²) < 4.78 is 16.6. The molecule has 0 aliphatic carbocycles. The van der Waals surface area contributed by atoms with E-state index in [4.69, 9.17) is 13.9 Å². The van der Waals surface area contributed by atoms with Crippen LogP contribution in [0.4, 0.5) is 4.79 Å². The molecule has 0 unspecified atom stereocenters. The Hall–Kier alpha value is -4.59. The van der Waals surface area contributed by atoms with Gasteiger partial charge < -0.3 is 24.3 Å². The van der Waals surface area contributed by atoms with Crippen LogP contribution >= 0.6 is 0 Å². The zero-order valence-electron chi connectivity index (χ0n) is 20.0. The summed E-state index contributed by atoms with van der Waals surface area (Å²) >= 11 is 0. The molecule has 4 rings (SSSR count). The number of fused-ring (bicyclic) bond motifs is 1. The fraction of sp³-hybridized carbons (Fsp3) is 0.179. The molecule has 0 fully saturated rings. The highest BCUT2D eigenvalue weighted by molar-refractivity contribution is 5.88. The Morgan fingerprint density at radius 2 is 1.58 bits per heavy atom. The molecule has 3 aromatic carbocycles. The minimum atomic E-state index is -1.19. The van der Waals surface area contributed by atoms with Crippen LogP contribution in [0, 0.1) is 0 Å². The molecule has 0 spiro atoms. The number of rotatable bonds is 5. The van der Waals surface area contributed by atoms with Gasteiger partial charge in [-0.25, -0.2) is 9.59 Å². The normalized spacial score (nSPS) is 12.1. The lowest BCUT2D eigenvalue weighted by Crippen LogP contribution is -2.39. The molecule has 2 N–H and O–H groups in total. The first-order valence-electron chi connectivity index (χ1n) is 11.2. The van der Waals surface area contributed by atoms with Crippen molar-refractivity contribution < 1.29 is 28.6 Å². The van der Waals surface area contributed by atoms with E-state index in [-0.39, 0.29) is 16.7 Å². The number of aromatic hydroxyl groups is 1. The van der Waals surface area contributed by atoms with Gasteiger partial charge in [0.1, 0.15) is 33.8 Å². The first-order valence-corrected chi connectivity index (χ1v) is 11.2. The van der Waals surface area contributed by atoms with Crippen LogP contribution in [0.15, 0.2) is 88.1 Å². The highest BCUT2D eigenvalue weighted by atomic mass is 16.6. The van der Waals surface area contributed by atoms with Gasteiger partial charge in [-0.05, 0) is 26.3 Å². The van der Waals surface area contributed by atoms with Crippen LogP contribution in [-0.4, -0.2) is 22.8 Å². The third-order valence-electron chi connectivity index (χ3n) is 5.09. The number of carbonyl (C=O) groups excluding carboxylic acids is 2. The van der Waals surface area contributed by atoms with Gasteiger partial charge in [-0.1, -0.05) is 60.7 Å². The average molecular weight is 488 g/mol. The van der Waals surface area contributed by atoms with Crippen LogP contribution in [-0.2, 0) is 9.53 Å². The van der Waals surface area contributed by atoms with Gasteiger partial charge in [0.2, 0.25) is 0 Å². The second-order valence-electron chi connectivity index (χ2n) is 9.07. The van der Waals surface area contributed by atoms with Crippen molar-refractivity contribution in [2.45, 2.75) is 32.4 Å². The van der Waals surface area contributed by atoms with Gasteiger partial charge in [-0.2, -0.15) is 0 Å². The van der Waals surface area contributed by atoms with Crippen molar-refractivity contribution in [2.75, 3.05) is 0 Å². The summed E-state index contributed by atoms with van der Waals surface area (Å²) in [6.07, 6.45) is -0.798. The van der Waals surface area contributed by atoms with Gasteiger partial charge in [0.05, 0.1) is 0 Å². The monoisotopic (exact) mass is 487 g/mol. The number of nitrogens with one attached hydrogen (secondary N) is 1. The Morgan fingerprint density at radius 1 is 0.944 bits per heavy atom. The van der Waals surface area contributed by atoms with E-state index in [1.165, 1.54) is 12.1 Å². The summed E-state index contributed by atoms with van der Waals surface area (Å²) in [4.78, 5) is 38.2. The molecule has 184 valence electrons. The van der Waals surface area contributed by atoms with E-state index >= 15 is 0 Å². The van der Waals surface area contributed by atoms with E-state index in [1.54, 1.807) is 75.4 Å². The highest BCUT2D eigenvalue weighted by Gasteiger charge is 2.28. The fourth-order valence-corrected chi connectivity index (χ4v) is 3.57. The third kappa shape index (κ3) is 5.72. The zero-order valence-corrected chi connectivity index (χ0v) is 20.0. The molecule has 0 saturated carbocycles. The van der Waals surface area contributed by atoms with Crippen LogP contribution in [0.5, 0.6) is 11.5 Å². The largest absolute Gasteiger partial charge is 0.507 e. The van der Waals surface area contributed by atoms with Crippen molar-refractivity contribution in [1.29, 1.82) is 0 Å². The summed E-state index contributed by atoms with van der Waals surface area (Å²) in [5, 5.41) is 13.0. The molecular formula is C28H25NO7. The highest BCUT2D eigenvalue weighted by Crippen LogP contribution is 2.32. The number of carbonyl (C=O) groups is 2. The lowest BCUT2D eigenvalue weighted by molar-refractivity contribution is -0.137. The number of alkyl carbamates (subject to hydrolysis) is 1. The molecule has 4 aromatic rings. The number of hydrogen-bond acceptors (Lipinski definition) is 7. The van der Waals surface area contributed by atoms with Gasteiger partial charge in [0.25, 0.3) is 0 Å². The Balaban J connectivity index is 1.67. The van der Waals surface area contributed by atoms with Crippen LogP contribution in [0.25, 0.3) is 22.3 Å². The van der Waals surface area contributed by atoms with Gasteiger partial charge in [0.15, 0.2) is 11.5 Å². The summed E-state index contributed by atoms with van der Waals surface area (Å²) in [6, 6.07) is 20.1. The molecule has 0 radical (unpaired) electrons. The quantitative estimate of drug-likeness (QED) is 0.288. The standard InChI is InChI=1S/C28H25NO7/c1-28(2,3)36-27(33)29-25(18-12-8-5-9-13-18)26(32)34-19-14-20(30)24-21(31)16-22(35-23(24)15-19)17-10-6-4-7-11-17/h4-16,25,30H,1-3H3,(H,29,33)/t25-/m0/s1. The number of phenols is 1. The first kappa shape index (κ1) is 24.5.